The van der Waals surface area contributed by atoms with Gasteiger partial charge in [0.1, 0.15) is 5.82 Å². The number of ether oxygens (including phenoxy) is 1. The summed E-state index contributed by atoms with van der Waals surface area (Å²) in [7, 11) is 1.57. The monoisotopic (exact) mass is 256 g/mol. The van der Waals surface area contributed by atoms with Crippen LogP contribution in [-0.4, -0.2) is 24.6 Å². The molecule has 0 fully saturated rings. The predicted molar refractivity (Wildman–Crippen MR) is 74.8 cm³/mol. The van der Waals surface area contributed by atoms with Gasteiger partial charge in [0.05, 0.1) is 18.7 Å². The normalized spacial score (nSPS) is 10.2. The van der Waals surface area contributed by atoms with Crippen molar-refractivity contribution < 1.29 is 9.53 Å². The van der Waals surface area contributed by atoms with Crippen LogP contribution < -0.4 is 5.32 Å². The number of carbonyl (C=O) groups excluding carboxylic acids is 1. The van der Waals surface area contributed by atoms with E-state index in [1.807, 2.05) is 42.5 Å². The molecule has 0 saturated carbocycles. The minimum atomic E-state index is -0.0976. The predicted octanol–water partition coefficient (Wildman–Crippen LogP) is 2.72. The SMILES string of the molecule is COCCC(=O)Nc1cccc(-c2ccccc2)n1. The van der Waals surface area contributed by atoms with E-state index in [1.165, 1.54) is 0 Å². The van der Waals surface area contributed by atoms with Gasteiger partial charge in [0.2, 0.25) is 5.91 Å². The number of hydrogen-bond donors (Lipinski definition) is 1. The first kappa shape index (κ1) is 13.2. The lowest BCUT2D eigenvalue weighted by atomic mass is 10.1. The fourth-order valence-corrected chi connectivity index (χ4v) is 1.67. The summed E-state index contributed by atoms with van der Waals surface area (Å²) in [6.45, 7) is 0.407. The minimum absolute atomic E-state index is 0.0976. The fourth-order valence-electron chi connectivity index (χ4n) is 1.67. The second-order valence-corrected chi connectivity index (χ2v) is 4.07. The van der Waals surface area contributed by atoms with Crippen LogP contribution in [0.5, 0.6) is 0 Å². The first-order chi connectivity index (χ1) is 9.29. The summed E-state index contributed by atoms with van der Waals surface area (Å²) < 4.78 is 4.86. The second-order valence-electron chi connectivity index (χ2n) is 4.07. The van der Waals surface area contributed by atoms with Crippen molar-refractivity contribution in [3.05, 3.63) is 48.5 Å². The van der Waals surface area contributed by atoms with Gasteiger partial charge in [-0.05, 0) is 12.1 Å². The van der Waals surface area contributed by atoms with Crippen molar-refractivity contribution in [2.24, 2.45) is 0 Å². The van der Waals surface area contributed by atoms with Crippen LogP contribution in [0, 0.1) is 0 Å². The van der Waals surface area contributed by atoms with E-state index in [-0.39, 0.29) is 5.91 Å². The molecule has 1 amide bonds. The summed E-state index contributed by atoms with van der Waals surface area (Å²) in [5.74, 6) is 0.460. The Morgan fingerprint density at radius 1 is 1.16 bits per heavy atom. The van der Waals surface area contributed by atoms with Gasteiger partial charge in [0, 0.05) is 12.7 Å². The van der Waals surface area contributed by atoms with E-state index in [4.69, 9.17) is 4.74 Å². The van der Waals surface area contributed by atoms with Crippen LogP contribution in [0.15, 0.2) is 48.5 Å². The van der Waals surface area contributed by atoms with Crippen LogP contribution in [0.4, 0.5) is 5.82 Å². The van der Waals surface area contributed by atoms with E-state index >= 15 is 0 Å². The molecule has 98 valence electrons. The van der Waals surface area contributed by atoms with Crippen molar-refractivity contribution in [3.63, 3.8) is 0 Å². The van der Waals surface area contributed by atoms with Gasteiger partial charge in [0.25, 0.3) is 0 Å². The van der Waals surface area contributed by atoms with E-state index in [2.05, 4.69) is 10.3 Å². The first-order valence-corrected chi connectivity index (χ1v) is 6.11. The van der Waals surface area contributed by atoms with E-state index in [0.717, 1.165) is 11.3 Å². The molecule has 1 aromatic carbocycles. The average Bonchev–Trinajstić information content (AvgIpc) is 2.46. The van der Waals surface area contributed by atoms with Crippen molar-refractivity contribution in [1.82, 2.24) is 4.98 Å². The molecule has 0 radical (unpaired) electrons. The van der Waals surface area contributed by atoms with E-state index in [9.17, 15) is 4.79 Å². The number of hydrogen-bond acceptors (Lipinski definition) is 3. The first-order valence-electron chi connectivity index (χ1n) is 6.11. The van der Waals surface area contributed by atoms with Gasteiger partial charge in [-0.25, -0.2) is 4.98 Å². The van der Waals surface area contributed by atoms with Crippen molar-refractivity contribution in [1.29, 1.82) is 0 Å². The molecule has 19 heavy (non-hydrogen) atoms. The zero-order valence-corrected chi connectivity index (χ0v) is 10.8. The number of benzene rings is 1. The van der Waals surface area contributed by atoms with Gasteiger partial charge in [-0.15, -0.1) is 0 Å². The van der Waals surface area contributed by atoms with Gasteiger partial charge in [-0.2, -0.15) is 0 Å². The number of anilines is 1. The lowest BCUT2D eigenvalue weighted by Gasteiger charge is -2.06. The second kappa shape index (κ2) is 6.66. The van der Waals surface area contributed by atoms with Crippen LogP contribution in [0.1, 0.15) is 6.42 Å². The molecule has 2 rings (SSSR count). The molecule has 2 aromatic rings. The highest BCUT2D eigenvalue weighted by atomic mass is 16.5. The lowest BCUT2D eigenvalue weighted by Crippen LogP contribution is -2.14. The maximum absolute atomic E-state index is 11.6. The molecule has 4 heteroatoms. The molecule has 0 aliphatic rings. The van der Waals surface area contributed by atoms with Gasteiger partial charge in [-0.3, -0.25) is 4.79 Å². The van der Waals surface area contributed by atoms with Crippen LogP contribution in [0.3, 0.4) is 0 Å². The zero-order valence-electron chi connectivity index (χ0n) is 10.8. The number of pyridine rings is 1. The fraction of sp³-hybridized carbons (Fsp3) is 0.200. The maximum Gasteiger partial charge on any atom is 0.227 e. The van der Waals surface area contributed by atoms with E-state index < -0.39 is 0 Å². The van der Waals surface area contributed by atoms with Crippen molar-refractivity contribution >= 4 is 11.7 Å². The highest BCUT2D eigenvalue weighted by Crippen LogP contribution is 2.18. The molecule has 0 bridgehead atoms. The van der Waals surface area contributed by atoms with E-state index in [1.54, 1.807) is 13.2 Å². The van der Waals surface area contributed by atoms with Gasteiger partial charge in [0.15, 0.2) is 0 Å². The Balaban J connectivity index is 2.10. The smallest absolute Gasteiger partial charge is 0.227 e. The van der Waals surface area contributed by atoms with Crippen LogP contribution >= 0.6 is 0 Å². The summed E-state index contributed by atoms with van der Waals surface area (Å²) in [4.78, 5) is 16.0. The Labute approximate surface area is 112 Å². The number of rotatable bonds is 5. The van der Waals surface area contributed by atoms with Crippen LogP contribution in [-0.2, 0) is 9.53 Å². The standard InChI is InChI=1S/C15H16N2O2/c1-19-11-10-15(18)17-14-9-5-8-13(16-14)12-6-3-2-4-7-12/h2-9H,10-11H2,1H3,(H,16,17,18). The number of methoxy groups -OCH3 is 1. The number of nitrogens with one attached hydrogen (secondary N) is 1. The molecule has 1 heterocycles. The van der Waals surface area contributed by atoms with Crippen LogP contribution in [0.2, 0.25) is 0 Å². The zero-order chi connectivity index (χ0) is 13.5. The maximum atomic E-state index is 11.6. The van der Waals surface area contributed by atoms with Crippen molar-refractivity contribution in [2.75, 3.05) is 19.0 Å². The molecule has 4 nitrogen and oxygen atoms in total. The molecule has 0 saturated heterocycles. The molecule has 0 atom stereocenters. The molecule has 1 aromatic heterocycles. The third-order valence-corrected chi connectivity index (χ3v) is 2.62. The Kier molecular flexibility index (Phi) is 4.64. The minimum Gasteiger partial charge on any atom is -0.384 e. The third kappa shape index (κ3) is 3.89. The Hall–Kier alpha value is -2.20. The third-order valence-electron chi connectivity index (χ3n) is 2.62. The summed E-state index contributed by atoms with van der Waals surface area (Å²) >= 11 is 0. The average molecular weight is 256 g/mol. The molecule has 1 N–H and O–H groups in total. The van der Waals surface area contributed by atoms with E-state index in [0.29, 0.717) is 18.8 Å². The number of carbonyl (C=O) groups is 1. The highest BCUT2D eigenvalue weighted by molar-refractivity contribution is 5.90. The van der Waals surface area contributed by atoms with Gasteiger partial charge < -0.3 is 10.1 Å². The molecule has 0 aliphatic carbocycles. The number of nitrogens with zero attached hydrogens (tertiary/aromatic N) is 1. The summed E-state index contributed by atoms with van der Waals surface area (Å²) in [6.07, 6.45) is 0.327. The summed E-state index contributed by atoms with van der Waals surface area (Å²) in [6, 6.07) is 15.4. The highest BCUT2D eigenvalue weighted by Gasteiger charge is 2.04. The lowest BCUT2D eigenvalue weighted by molar-refractivity contribution is -0.117. The quantitative estimate of drug-likeness (QED) is 0.894. The largest absolute Gasteiger partial charge is 0.384 e. The molecule has 0 aliphatic heterocycles. The Bertz CT molecular complexity index is 541. The summed E-state index contributed by atoms with van der Waals surface area (Å²) in [5.41, 5.74) is 1.86. The molecular weight excluding hydrogens is 240 g/mol. The molecular formula is C15H16N2O2. The topological polar surface area (TPSA) is 51.2 Å². The van der Waals surface area contributed by atoms with Crippen molar-refractivity contribution in [3.8, 4) is 11.3 Å². The number of aromatic nitrogens is 1. The van der Waals surface area contributed by atoms with Gasteiger partial charge in [-0.1, -0.05) is 36.4 Å². The Morgan fingerprint density at radius 2 is 1.95 bits per heavy atom. The Morgan fingerprint density at radius 3 is 2.68 bits per heavy atom. The molecule has 0 spiro atoms. The van der Waals surface area contributed by atoms with Crippen molar-refractivity contribution in [2.45, 2.75) is 6.42 Å². The van der Waals surface area contributed by atoms with Gasteiger partial charge >= 0.3 is 0 Å². The summed E-state index contributed by atoms with van der Waals surface area (Å²) in [5, 5.41) is 2.76. The number of amides is 1. The van der Waals surface area contributed by atoms with Crippen LogP contribution in [0.25, 0.3) is 11.3 Å². The molecule has 0 unspecified atom stereocenters.